The number of benzene rings is 2. The third-order valence-electron chi connectivity index (χ3n) is 3.31. The first kappa shape index (κ1) is 15.0. The van der Waals surface area contributed by atoms with Gasteiger partial charge >= 0.3 is 0 Å². The van der Waals surface area contributed by atoms with Crippen molar-refractivity contribution < 1.29 is 24.8 Å². The van der Waals surface area contributed by atoms with Crippen LogP contribution in [0.15, 0.2) is 36.4 Å². The lowest BCUT2D eigenvalue weighted by Gasteiger charge is -2.18. The van der Waals surface area contributed by atoms with Gasteiger partial charge in [0.15, 0.2) is 11.5 Å². The standard InChI is InChI=1S/C16H18O5/c1-20-14(7-10-3-5-12(17)6-4-10)11-8-13(18)16(19)15(9-11)21-2/h3-6,8-9,14,17-19H,7H2,1-2H3. The Morgan fingerprint density at radius 3 is 2.24 bits per heavy atom. The van der Waals surface area contributed by atoms with Crippen LogP contribution in [0.25, 0.3) is 0 Å². The summed E-state index contributed by atoms with van der Waals surface area (Å²) in [5.74, 6) is -0.146. The van der Waals surface area contributed by atoms with Gasteiger partial charge in [-0.05, 0) is 35.4 Å². The maximum Gasteiger partial charge on any atom is 0.200 e. The highest BCUT2D eigenvalue weighted by Crippen LogP contribution is 2.39. The molecule has 1 unspecified atom stereocenters. The molecule has 0 saturated carbocycles. The quantitative estimate of drug-likeness (QED) is 0.738. The van der Waals surface area contributed by atoms with Crippen molar-refractivity contribution in [1.29, 1.82) is 0 Å². The van der Waals surface area contributed by atoms with Gasteiger partial charge in [0.2, 0.25) is 5.75 Å². The highest BCUT2D eigenvalue weighted by molar-refractivity contribution is 5.52. The largest absolute Gasteiger partial charge is 0.508 e. The van der Waals surface area contributed by atoms with Crippen molar-refractivity contribution in [3.05, 3.63) is 47.5 Å². The first-order valence-corrected chi connectivity index (χ1v) is 6.45. The van der Waals surface area contributed by atoms with Gasteiger partial charge in [-0.15, -0.1) is 0 Å². The summed E-state index contributed by atoms with van der Waals surface area (Å²) in [6.07, 6.45) is 0.249. The molecular formula is C16H18O5. The SMILES string of the molecule is COc1cc(C(Cc2ccc(O)cc2)OC)cc(O)c1O. The highest BCUT2D eigenvalue weighted by atomic mass is 16.5. The number of rotatable bonds is 5. The Hall–Kier alpha value is -2.40. The fraction of sp³-hybridized carbons (Fsp3) is 0.250. The number of phenols is 3. The molecule has 0 fully saturated rings. The average molecular weight is 290 g/mol. The second kappa shape index (κ2) is 6.37. The Morgan fingerprint density at radius 1 is 1.00 bits per heavy atom. The molecule has 0 aromatic heterocycles. The number of hydrogen-bond donors (Lipinski definition) is 3. The topological polar surface area (TPSA) is 79.2 Å². The molecule has 2 aromatic rings. The summed E-state index contributed by atoms with van der Waals surface area (Å²) in [4.78, 5) is 0. The number of hydrogen-bond acceptors (Lipinski definition) is 5. The third-order valence-corrected chi connectivity index (χ3v) is 3.31. The average Bonchev–Trinajstić information content (AvgIpc) is 2.49. The lowest BCUT2D eigenvalue weighted by Crippen LogP contribution is -2.05. The molecule has 0 bridgehead atoms. The molecule has 0 heterocycles. The van der Waals surface area contributed by atoms with Crippen molar-refractivity contribution in [2.75, 3.05) is 14.2 Å². The molecule has 0 aliphatic carbocycles. The maximum absolute atomic E-state index is 9.74. The lowest BCUT2D eigenvalue weighted by molar-refractivity contribution is 0.103. The van der Waals surface area contributed by atoms with Crippen LogP contribution in [0.4, 0.5) is 0 Å². The van der Waals surface area contributed by atoms with Gasteiger partial charge < -0.3 is 24.8 Å². The van der Waals surface area contributed by atoms with Crippen LogP contribution in [0, 0.1) is 0 Å². The van der Waals surface area contributed by atoms with E-state index in [1.165, 1.54) is 13.2 Å². The zero-order chi connectivity index (χ0) is 15.4. The van der Waals surface area contributed by atoms with Gasteiger partial charge in [-0.3, -0.25) is 0 Å². The van der Waals surface area contributed by atoms with Gasteiger partial charge in [-0.25, -0.2) is 0 Å². The minimum absolute atomic E-state index is 0.192. The molecule has 2 aromatic carbocycles. The molecule has 5 nitrogen and oxygen atoms in total. The zero-order valence-electron chi connectivity index (χ0n) is 11.9. The normalized spacial score (nSPS) is 12.1. The predicted octanol–water partition coefficient (Wildman–Crippen LogP) is 2.74. The smallest absolute Gasteiger partial charge is 0.200 e. The number of methoxy groups -OCH3 is 2. The molecule has 0 saturated heterocycles. The van der Waals surface area contributed by atoms with Crippen LogP contribution in [0.2, 0.25) is 0 Å². The monoisotopic (exact) mass is 290 g/mol. The van der Waals surface area contributed by atoms with Gasteiger partial charge in [-0.2, -0.15) is 0 Å². The van der Waals surface area contributed by atoms with Crippen molar-refractivity contribution in [3.63, 3.8) is 0 Å². The summed E-state index contributed by atoms with van der Waals surface area (Å²) < 4.78 is 10.5. The van der Waals surface area contributed by atoms with Gasteiger partial charge in [0.1, 0.15) is 5.75 Å². The molecule has 3 N–H and O–H groups in total. The molecule has 0 spiro atoms. The van der Waals surface area contributed by atoms with E-state index in [0.29, 0.717) is 12.0 Å². The highest BCUT2D eigenvalue weighted by Gasteiger charge is 2.17. The first-order valence-electron chi connectivity index (χ1n) is 6.45. The van der Waals surface area contributed by atoms with E-state index >= 15 is 0 Å². The van der Waals surface area contributed by atoms with E-state index in [9.17, 15) is 15.3 Å². The lowest BCUT2D eigenvalue weighted by atomic mass is 10.0. The van der Waals surface area contributed by atoms with Crippen molar-refractivity contribution in [2.24, 2.45) is 0 Å². The Morgan fingerprint density at radius 2 is 1.67 bits per heavy atom. The van der Waals surface area contributed by atoms with E-state index < -0.39 is 0 Å². The second-order valence-corrected chi connectivity index (χ2v) is 4.69. The van der Waals surface area contributed by atoms with Crippen LogP contribution in [0.1, 0.15) is 17.2 Å². The van der Waals surface area contributed by atoms with Crippen molar-refractivity contribution in [1.82, 2.24) is 0 Å². The van der Waals surface area contributed by atoms with Crippen LogP contribution in [0.5, 0.6) is 23.0 Å². The van der Waals surface area contributed by atoms with Crippen LogP contribution >= 0.6 is 0 Å². The van der Waals surface area contributed by atoms with Crippen LogP contribution < -0.4 is 4.74 Å². The van der Waals surface area contributed by atoms with E-state index in [-0.39, 0.29) is 29.1 Å². The summed E-state index contributed by atoms with van der Waals surface area (Å²) in [5.41, 5.74) is 1.67. The molecule has 0 aliphatic rings. The van der Waals surface area contributed by atoms with Crippen LogP contribution in [-0.2, 0) is 11.2 Å². The molecule has 21 heavy (non-hydrogen) atoms. The van der Waals surface area contributed by atoms with Crippen LogP contribution in [0.3, 0.4) is 0 Å². The van der Waals surface area contributed by atoms with Gasteiger partial charge in [0, 0.05) is 13.5 Å². The van der Waals surface area contributed by atoms with E-state index in [2.05, 4.69) is 0 Å². The summed E-state index contributed by atoms with van der Waals surface area (Å²) in [7, 11) is 2.99. The Labute approximate surface area is 123 Å². The minimum Gasteiger partial charge on any atom is -0.508 e. The fourth-order valence-electron chi connectivity index (χ4n) is 2.14. The Kier molecular flexibility index (Phi) is 4.55. The van der Waals surface area contributed by atoms with Gasteiger partial charge in [0.25, 0.3) is 0 Å². The number of phenolic OH excluding ortho intramolecular Hbond substituents is 3. The van der Waals surface area contributed by atoms with Crippen molar-refractivity contribution in [2.45, 2.75) is 12.5 Å². The molecule has 0 amide bonds. The predicted molar refractivity (Wildman–Crippen MR) is 77.9 cm³/mol. The number of ether oxygens (including phenoxy) is 2. The molecule has 5 heteroatoms. The molecule has 1 atom stereocenters. The summed E-state index contributed by atoms with van der Waals surface area (Å²) in [5, 5.41) is 28.7. The minimum atomic E-state index is -0.310. The molecule has 112 valence electrons. The molecule has 0 aliphatic heterocycles. The summed E-state index contributed by atoms with van der Waals surface area (Å²) >= 11 is 0. The van der Waals surface area contributed by atoms with E-state index in [0.717, 1.165) is 5.56 Å². The third kappa shape index (κ3) is 3.38. The Balaban J connectivity index is 2.28. The molecule has 0 radical (unpaired) electrons. The van der Waals surface area contributed by atoms with Crippen molar-refractivity contribution in [3.8, 4) is 23.0 Å². The fourth-order valence-corrected chi connectivity index (χ4v) is 2.14. The van der Waals surface area contributed by atoms with E-state index in [1.807, 2.05) is 0 Å². The van der Waals surface area contributed by atoms with E-state index in [1.54, 1.807) is 37.4 Å². The molecular weight excluding hydrogens is 272 g/mol. The van der Waals surface area contributed by atoms with Crippen LogP contribution in [-0.4, -0.2) is 29.5 Å². The van der Waals surface area contributed by atoms with Gasteiger partial charge in [-0.1, -0.05) is 12.1 Å². The van der Waals surface area contributed by atoms with E-state index in [4.69, 9.17) is 9.47 Å². The summed E-state index contributed by atoms with van der Waals surface area (Å²) in [6.45, 7) is 0. The Bertz CT molecular complexity index is 607. The number of aromatic hydroxyl groups is 3. The maximum atomic E-state index is 9.74. The second-order valence-electron chi connectivity index (χ2n) is 4.69. The van der Waals surface area contributed by atoms with Gasteiger partial charge in [0.05, 0.1) is 13.2 Å². The molecule has 2 rings (SSSR count). The zero-order valence-corrected chi connectivity index (χ0v) is 11.9. The first-order chi connectivity index (χ1) is 10.0. The van der Waals surface area contributed by atoms with Crippen molar-refractivity contribution >= 4 is 0 Å². The summed E-state index contributed by atoms with van der Waals surface area (Å²) in [6, 6.07) is 9.90.